The van der Waals surface area contributed by atoms with Crippen molar-refractivity contribution in [3.05, 3.63) is 34.2 Å². The van der Waals surface area contributed by atoms with Crippen LogP contribution in [0, 0.1) is 6.92 Å². The van der Waals surface area contributed by atoms with E-state index in [-0.39, 0.29) is 6.04 Å². The fourth-order valence-electron chi connectivity index (χ4n) is 0.961. The first-order valence-electron chi connectivity index (χ1n) is 3.57. The fraction of sp³-hybridized carbons (Fsp3) is 0.429. The van der Waals surface area contributed by atoms with Crippen molar-refractivity contribution >= 4 is 0 Å². The van der Waals surface area contributed by atoms with Gasteiger partial charge in [-0.05, 0) is 12.5 Å². The first kappa shape index (κ1) is 8.49. The highest BCUT2D eigenvalue weighted by Crippen LogP contribution is 2.15. The summed E-state index contributed by atoms with van der Waals surface area (Å²) in [6.07, 6.45) is 3.20. The van der Waals surface area contributed by atoms with E-state index in [2.05, 4.69) is 20.0 Å². The second kappa shape index (κ2) is 3.69. The van der Waals surface area contributed by atoms with Gasteiger partial charge in [0.2, 0.25) is 0 Å². The number of aryl methyl sites for hydroxylation is 1. The van der Waals surface area contributed by atoms with Gasteiger partial charge in [0.05, 0.1) is 17.4 Å². The van der Waals surface area contributed by atoms with Crippen molar-refractivity contribution in [3.63, 3.8) is 0 Å². The lowest BCUT2D eigenvalue weighted by Crippen LogP contribution is -1.98. The van der Waals surface area contributed by atoms with E-state index in [9.17, 15) is 0 Å². The Morgan fingerprint density at radius 3 is 2.75 bits per heavy atom. The molecule has 0 amide bonds. The zero-order chi connectivity index (χ0) is 8.97. The molecule has 0 radical (unpaired) electrons. The summed E-state index contributed by atoms with van der Waals surface area (Å²) in [5, 5.41) is 3.53. The average Bonchev–Trinajstić information content (AvgIpc) is 2.05. The Morgan fingerprint density at radius 1 is 1.50 bits per heavy atom. The van der Waals surface area contributed by atoms with Crippen molar-refractivity contribution in [2.75, 3.05) is 0 Å². The van der Waals surface area contributed by atoms with Crippen LogP contribution in [0.2, 0.25) is 0 Å². The van der Waals surface area contributed by atoms with Crippen LogP contribution in [0.4, 0.5) is 0 Å². The van der Waals surface area contributed by atoms with Crippen LogP contribution in [-0.2, 0) is 0 Å². The molecule has 0 spiro atoms. The van der Waals surface area contributed by atoms with Crippen molar-refractivity contribution in [2.45, 2.75) is 19.9 Å². The minimum atomic E-state index is -0.247. The van der Waals surface area contributed by atoms with E-state index < -0.39 is 0 Å². The maximum atomic E-state index is 8.20. The molecule has 0 fully saturated rings. The maximum absolute atomic E-state index is 8.20. The second-order valence-electron chi connectivity index (χ2n) is 2.41. The van der Waals surface area contributed by atoms with E-state index in [4.69, 9.17) is 5.53 Å². The molecule has 5 heteroatoms. The SMILES string of the molecule is Cc1nccnc1[C@H](C)N=[N+]=[N-]. The average molecular weight is 163 g/mol. The van der Waals surface area contributed by atoms with Crippen molar-refractivity contribution in [3.8, 4) is 0 Å². The molecule has 0 bridgehead atoms. The third kappa shape index (κ3) is 1.71. The summed E-state index contributed by atoms with van der Waals surface area (Å²) in [5.41, 5.74) is 9.73. The summed E-state index contributed by atoms with van der Waals surface area (Å²) >= 11 is 0. The second-order valence-corrected chi connectivity index (χ2v) is 2.41. The largest absolute Gasteiger partial charge is 0.258 e. The lowest BCUT2D eigenvalue weighted by molar-refractivity contribution is 0.752. The highest BCUT2D eigenvalue weighted by Gasteiger charge is 2.07. The Bertz CT molecular complexity index is 315. The van der Waals surface area contributed by atoms with Crippen LogP contribution in [0.15, 0.2) is 17.5 Å². The summed E-state index contributed by atoms with van der Waals surface area (Å²) < 4.78 is 0. The molecule has 0 aliphatic carbocycles. The lowest BCUT2D eigenvalue weighted by Gasteiger charge is -2.04. The summed E-state index contributed by atoms with van der Waals surface area (Å²) in [5.74, 6) is 0. The Labute approximate surface area is 70.1 Å². The van der Waals surface area contributed by atoms with E-state index in [0.717, 1.165) is 11.4 Å². The molecular weight excluding hydrogens is 154 g/mol. The summed E-state index contributed by atoms with van der Waals surface area (Å²) in [6.45, 7) is 3.63. The molecule has 0 aliphatic heterocycles. The van der Waals surface area contributed by atoms with Crippen LogP contribution in [0.1, 0.15) is 24.4 Å². The molecule has 1 aromatic rings. The molecule has 12 heavy (non-hydrogen) atoms. The van der Waals surface area contributed by atoms with Gasteiger partial charge >= 0.3 is 0 Å². The number of rotatable bonds is 2. The van der Waals surface area contributed by atoms with Gasteiger partial charge in [0, 0.05) is 17.3 Å². The standard InChI is InChI=1S/C7H9N5/c1-5-7(6(2)11-12-8)10-4-3-9-5/h3-4,6H,1-2H3/t6-/m0/s1. The maximum Gasteiger partial charge on any atom is 0.0788 e. The van der Waals surface area contributed by atoms with Gasteiger partial charge in [-0.3, -0.25) is 9.97 Å². The van der Waals surface area contributed by atoms with Gasteiger partial charge in [0.1, 0.15) is 0 Å². The topological polar surface area (TPSA) is 74.5 Å². The van der Waals surface area contributed by atoms with Gasteiger partial charge in [0.15, 0.2) is 0 Å². The minimum absolute atomic E-state index is 0.247. The predicted molar refractivity (Wildman–Crippen MR) is 44.3 cm³/mol. The number of azide groups is 1. The molecule has 0 saturated carbocycles. The molecular formula is C7H9N5. The van der Waals surface area contributed by atoms with E-state index in [1.807, 2.05) is 6.92 Å². The Balaban J connectivity index is 3.02. The zero-order valence-electron chi connectivity index (χ0n) is 6.97. The van der Waals surface area contributed by atoms with Gasteiger partial charge in [-0.1, -0.05) is 12.0 Å². The highest BCUT2D eigenvalue weighted by molar-refractivity contribution is 5.12. The van der Waals surface area contributed by atoms with Crippen LogP contribution in [0.3, 0.4) is 0 Å². The molecule has 1 rings (SSSR count). The van der Waals surface area contributed by atoms with Crippen LogP contribution in [0.25, 0.3) is 10.4 Å². The van der Waals surface area contributed by atoms with Gasteiger partial charge in [-0.2, -0.15) is 0 Å². The molecule has 0 aromatic carbocycles. The summed E-state index contributed by atoms with van der Waals surface area (Å²) in [4.78, 5) is 10.8. The monoisotopic (exact) mass is 163 g/mol. The normalized spacial score (nSPS) is 11.8. The quantitative estimate of drug-likeness (QED) is 0.380. The Morgan fingerprint density at radius 2 is 2.17 bits per heavy atom. The van der Waals surface area contributed by atoms with Crippen LogP contribution in [-0.4, -0.2) is 9.97 Å². The molecule has 0 saturated heterocycles. The third-order valence-corrected chi connectivity index (χ3v) is 1.54. The number of nitrogens with zero attached hydrogens (tertiary/aromatic N) is 5. The summed E-state index contributed by atoms with van der Waals surface area (Å²) in [7, 11) is 0. The van der Waals surface area contributed by atoms with E-state index in [1.165, 1.54) is 0 Å². The molecule has 1 aromatic heterocycles. The number of aromatic nitrogens is 2. The van der Waals surface area contributed by atoms with Crippen molar-refractivity contribution < 1.29 is 0 Å². The van der Waals surface area contributed by atoms with Gasteiger partial charge in [0.25, 0.3) is 0 Å². The van der Waals surface area contributed by atoms with Crippen molar-refractivity contribution in [1.82, 2.24) is 9.97 Å². The summed E-state index contributed by atoms with van der Waals surface area (Å²) in [6, 6.07) is -0.247. The molecule has 1 heterocycles. The molecule has 5 nitrogen and oxygen atoms in total. The Kier molecular flexibility index (Phi) is 2.61. The molecule has 0 aliphatic rings. The predicted octanol–water partition coefficient (Wildman–Crippen LogP) is 2.16. The van der Waals surface area contributed by atoms with Crippen LogP contribution >= 0.6 is 0 Å². The molecule has 0 unspecified atom stereocenters. The minimum Gasteiger partial charge on any atom is -0.258 e. The molecule has 1 atom stereocenters. The number of hydrogen-bond acceptors (Lipinski definition) is 3. The van der Waals surface area contributed by atoms with Gasteiger partial charge < -0.3 is 0 Å². The van der Waals surface area contributed by atoms with E-state index >= 15 is 0 Å². The Hall–Kier alpha value is -1.61. The third-order valence-electron chi connectivity index (χ3n) is 1.54. The van der Waals surface area contributed by atoms with Crippen molar-refractivity contribution in [2.24, 2.45) is 5.11 Å². The fourth-order valence-corrected chi connectivity index (χ4v) is 0.961. The van der Waals surface area contributed by atoms with Gasteiger partial charge in [-0.15, -0.1) is 0 Å². The lowest BCUT2D eigenvalue weighted by atomic mass is 10.2. The molecule has 0 N–H and O–H groups in total. The van der Waals surface area contributed by atoms with E-state index in [0.29, 0.717) is 0 Å². The van der Waals surface area contributed by atoms with Crippen LogP contribution in [0.5, 0.6) is 0 Å². The first-order chi connectivity index (χ1) is 5.75. The zero-order valence-corrected chi connectivity index (χ0v) is 6.97. The van der Waals surface area contributed by atoms with E-state index in [1.54, 1.807) is 19.3 Å². The van der Waals surface area contributed by atoms with Crippen molar-refractivity contribution in [1.29, 1.82) is 0 Å². The first-order valence-corrected chi connectivity index (χ1v) is 3.57. The van der Waals surface area contributed by atoms with Crippen LogP contribution < -0.4 is 0 Å². The highest BCUT2D eigenvalue weighted by atomic mass is 15.2. The molecule has 62 valence electrons. The van der Waals surface area contributed by atoms with Gasteiger partial charge in [-0.25, -0.2) is 0 Å². The smallest absolute Gasteiger partial charge is 0.0788 e. The number of hydrogen-bond donors (Lipinski definition) is 0.